The van der Waals surface area contributed by atoms with E-state index in [9.17, 15) is 4.79 Å². The van der Waals surface area contributed by atoms with Crippen LogP contribution in [0.2, 0.25) is 0 Å². The fourth-order valence-electron chi connectivity index (χ4n) is 4.74. The zero-order chi connectivity index (χ0) is 28.7. The number of aryl methyl sites for hydroxylation is 2. The standard InChI is InChI=1S/C37H42OS3/c1-3-5-7-9-11-32-19-21-34(39-32)16-13-29-25-30(14-17-35-22-20-33(40-35)12-10-8-6-4-2)27-31(26-29)15-18-36-23-24-37(28-38)41-36/h13-28H,3-12H2,1-2H3/b16-13+,17-14+,18-15+. The molecule has 0 atom stereocenters. The second-order valence-corrected chi connectivity index (χ2v) is 14.1. The monoisotopic (exact) mass is 598 g/mol. The zero-order valence-electron chi connectivity index (χ0n) is 24.4. The molecule has 0 amide bonds. The van der Waals surface area contributed by atoms with Crippen LogP contribution in [0.25, 0.3) is 36.5 Å². The second kappa shape index (κ2) is 17.2. The Labute approximate surface area is 259 Å². The third-order valence-corrected chi connectivity index (χ3v) is 10.2. The molecule has 0 aliphatic carbocycles. The summed E-state index contributed by atoms with van der Waals surface area (Å²) in [5, 5.41) is 0. The normalized spacial score (nSPS) is 12.0. The van der Waals surface area contributed by atoms with Crippen LogP contribution in [0.4, 0.5) is 0 Å². The fourth-order valence-corrected chi connectivity index (χ4v) is 7.38. The highest BCUT2D eigenvalue weighted by Gasteiger charge is 2.02. The number of thiophene rings is 3. The van der Waals surface area contributed by atoms with Crippen LogP contribution in [0.5, 0.6) is 0 Å². The van der Waals surface area contributed by atoms with E-state index in [1.54, 1.807) is 0 Å². The van der Waals surface area contributed by atoms with Crippen molar-refractivity contribution in [3.63, 3.8) is 0 Å². The summed E-state index contributed by atoms with van der Waals surface area (Å²) in [6.07, 6.45) is 26.9. The van der Waals surface area contributed by atoms with Gasteiger partial charge in [-0.2, -0.15) is 0 Å². The van der Waals surface area contributed by atoms with E-state index in [1.807, 2.05) is 34.8 Å². The van der Waals surface area contributed by atoms with Gasteiger partial charge in [0.1, 0.15) is 0 Å². The Morgan fingerprint density at radius 3 is 1.32 bits per heavy atom. The number of unbranched alkanes of at least 4 members (excludes halogenated alkanes) is 6. The van der Waals surface area contributed by atoms with E-state index in [-0.39, 0.29) is 0 Å². The van der Waals surface area contributed by atoms with Crippen LogP contribution in [0.1, 0.15) is 116 Å². The number of carbonyl (C=O) groups excluding carboxylic acids is 1. The quantitative estimate of drug-likeness (QED) is 0.0872. The molecule has 214 valence electrons. The lowest BCUT2D eigenvalue weighted by Crippen LogP contribution is -1.81. The van der Waals surface area contributed by atoms with Crippen LogP contribution in [-0.2, 0) is 12.8 Å². The van der Waals surface area contributed by atoms with Crippen molar-refractivity contribution in [3.05, 3.63) is 101 Å². The molecule has 0 unspecified atom stereocenters. The molecule has 0 saturated heterocycles. The predicted molar refractivity (Wildman–Crippen MR) is 187 cm³/mol. The third-order valence-electron chi connectivity index (χ3n) is 7.00. The van der Waals surface area contributed by atoms with Crippen molar-refractivity contribution in [3.8, 4) is 0 Å². The van der Waals surface area contributed by atoms with Gasteiger partial charge in [-0.1, -0.05) is 70.6 Å². The maximum absolute atomic E-state index is 11.1. The van der Waals surface area contributed by atoms with E-state index in [1.165, 1.54) is 106 Å². The SMILES string of the molecule is CCCCCCc1ccc(/C=C/c2cc(/C=C/c3ccc(C=O)s3)cc(/C=C/c3ccc(CCCCCC)s3)c2)s1. The summed E-state index contributed by atoms with van der Waals surface area (Å²) in [4.78, 5) is 18.5. The molecule has 3 heterocycles. The lowest BCUT2D eigenvalue weighted by molar-refractivity contribution is 0.112. The van der Waals surface area contributed by atoms with Gasteiger partial charge in [-0.25, -0.2) is 0 Å². The van der Waals surface area contributed by atoms with Gasteiger partial charge in [0.05, 0.1) is 4.88 Å². The van der Waals surface area contributed by atoms with Crippen molar-refractivity contribution in [1.82, 2.24) is 0 Å². The maximum atomic E-state index is 11.1. The van der Waals surface area contributed by atoms with Crippen LogP contribution in [0.15, 0.2) is 54.6 Å². The summed E-state index contributed by atoms with van der Waals surface area (Å²) in [5.74, 6) is 0. The van der Waals surface area contributed by atoms with Crippen LogP contribution in [0, 0.1) is 0 Å². The summed E-state index contributed by atoms with van der Waals surface area (Å²) in [6, 6.07) is 19.7. The Morgan fingerprint density at radius 2 is 0.902 bits per heavy atom. The molecule has 4 aromatic rings. The van der Waals surface area contributed by atoms with Crippen LogP contribution in [0.3, 0.4) is 0 Å². The molecule has 1 aromatic carbocycles. The molecule has 0 bridgehead atoms. The zero-order valence-corrected chi connectivity index (χ0v) is 26.9. The van der Waals surface area contributed by atoms with Crippen LogP contribution in [-0.4, -0.2) is 6.29 Å². The Balaban J connectivity index is 1.49. The smallest absolute Gasteiger partial charge is 0.160 e. The Kier molecular flexibility index (Phi) is 13.1. The molecule has 0 radical (unpaired) electrons. The first kappa shape index (κ1) is 31.2. The summed E-state index contributed by atoms with van der Waals surface area (Å²) >= 11 is 5.33. The molecular formula is C37H42OS3. The average Bonchev–Trinajstić information content (AvgIpc) is 3.76. The van der Waals surface area contributed by atoms with E-state index in [0.717, 1.165) is 21.6 Å². The molecule has 0 spiro atoms. The number of hydrogen-bond acceptors (Lipinski definition) is 4. The van der Waals surface area contributed by atoms with Gasteiger partial charge in [-0.15, -0.1) is 34.0 Å². The van der Waals surface area contributed by atoms with Crippen molar-refractivity contribution in [1.29, 1.82) is 0 Å². The number of carbonyl (C=O) groups is 1. The highest BCUT2D eigenvalue weighted by atomic mass is 32.1. The molecule has 1 nitrogen and oxygen atoms in total. The summed E-state index contributed by atoms with van der Waals surface area (Å²) in [7, 11) is 0. The van der Waals surface area contributed by atoms with E-state index in [2.05, 4.69) is 92.8 Å². The van der Waals surface area contributed by atoms with Gasteiger partial charge in [0.2, 0.25) is 0 Å². The molecule has 4 rings (SSSR count). The van der Waals surface area contributed by atoms with Gasteiger partial charge in [0, 0.05) is 24.4 Å². The van der Waals surface area contributed by atoms with Gasteiger partial charge in [0.25, 0.3) is 0 Å². The molecule has 0 fully saturated rings. The summed E-state index contributed by atoms with van der Waals surface area (Å²) < 4.78 is 0. The van der Waals surface area contributed by atoms with E-state index < -0.39 is 0 Å². The third kappa shape index (κ3) is 10.8. The molecule has 3 aromatic heterocycles. The van der Waals surface area contributed by atoms with Gasteiger partial charge < -0.3 is 0 Å². The molecule has 41 heavy (non-hydrogen) atoms. The van der Waals surface area contributed by atoms with Crippen molar-refractivity contribution in [2.75, 3.05) is 0 Å². The Morgan fingerprint density at radius 1 is 0.488 bits per heavy atom. The van der Waals surface area contributed by atoms with Gasteiger partial charge in [0.15, 0.2) is 6.29 Å². The second-order valence-electron chi connectivity index (χ2n) is 10.5. The van der Waals surface area contributed by atoms with Gasteiger partial charge in [-0.05, 0) is 115 Å². The van der Waals surface area contributed by atoms with Crippen molar-refractivity contribution >= 4 is 76.8 Å². The first-order valence-corrected chi connectivity index (χ1v) is 17.5. The average molecular weight is 599 g/mol. The minimum absolute atomic E-state index is 0.756. The number of hydrogen-bond donors (Lipinski definition) is 0. The van der Waals surface area contributed by atoms with Crippen molar-refractivity contribution < 1.29 is 4.79 Å². The molecule has 0 N–H and O–H groups in total. The minimum atomic E-state index is 0.756. The Hall–Kier alpha value is -2.79. The summed E-state index contributed by atoms with van der Waals surface area (Å²) in [5.41, 5.74) is 3.53. The topological polar surface area (TPSA) is 17.1 Å². The number of rotatable bonds is 17. The van der Waals surface area contributed by atoms with E-state index in [0.29, 0.717) is 0 Å². The van der Waals surface area contributed by atoms with Crippen molar-refractivity contribution in [2.45, 2.75) is 78.1 Å². The Bertz CT molecular complexity index is 1360. The summed E-state index contributed by atoms with van der Waals surface area (Å²) in [6.45, 7) is 4.53. The van der Waals surface area contributed by atoms with Crippen LogP contribution < -0.4 is 0 Å². The molecule has 0 aliphatic heterocycles. The maximum Gasteiger partial charge on any atom is 0.160 e. The first-order valence-electron chi connectivity index (χ1n) is 15.1. The van der Waals surface area contributed by atoms with Crippen molar-refractivity contribution in [2.24, 2.45) is 0 Å². The van der Waals surface area contributed by atoms with Gasteiger partial charge in [-0.3, -0.25) is 4.79 Å². The highest BCUT2D eigenvalue weighted by molar-refractivity contribution is 7.14. The fraction of sp³-hybridized carbons (Fsp3) is 0.324. The lowest BCUT2D eigenvalue weighted by atomic mass is 10.0. The van der Waals surface area contributed by atoms with E-state index >= 15 is 0 Å². The highest BCUT2D eigenvalue weighted by Crippen LogP contribution is 2.25. The van der Waals surface area contributed by atoms with Gasteiger partial charge >= 0.3 is 0 Å². The first-order chi connectivity index (χ1) is 20.1. The van der Waals surface area contributed by atoms with E-state index in [4.69, 9.17) is 0 Å². The predicted octanol–water partition coefficient (Wildman–Crippen LogP) is 12.4. The van der Waals surface area contributed by atoms with Crippen LogP contribution >= 0.6 is 34.0 Å². The number of aldehydes is 1. The lowest BCUT2D eigenvalue weighted by Gasteiger charge is -2.02. The largest absolute Gasteiger partial charge is 0.297 e. The molecule has 0 aliphatic rings. The molecule has 0 saturated carbocycles. The molecule has 4 heteroatoms. The minimum Gasteiger partial charge on any atom is -0.297 e. The molecular weight excluding hydrogens is 557 g/mol. The number of benzene rings is 1.